The molecule has 0 saturated carbocycles. The molecular formula is C18H18O4S. The summed E-state index contributed by atoms with van der Waals surface area (Å²) in [6.45, 7) is 1.03. The van der Waals surface area contributed by atoms with Crippen molar-refractivity contribution in [2.45, 2.75) is 11.3 Å². The second kappa shape index (κ2) is 7.42. The number of thioether (sulfide) groups is 1. The van der Waals surface area contributed by atoms with E-state index in [1.54, 1.807) is 31.0 Å². The van der Waals surface area contributed by atoms with Gasteiger partial charge in [-0.05, 0) is 36.4 Å². The molecule has 0 unspecified atom stereocenters. The number of Topliss-reactive ketones (excluding diaryl/α,β-unsaturated/α-hetero) is 1. The van der Waals surface area contributed by atoms with Gasteiger partial charge < -0.3 is 14.2 Å². The molecule has 0 radical (unpaired) electrons. The molecule has 0 N–H and O–H groups in total. The van der Waals surface area contributed by atoms with E-state index in [0.29, 0.717) is 30.9 Å². The predicted molar refractivity (Wildman–Crippen MR) is 90.1 cm³/mol. The lowest BCUT2D eigenvalue weighted by atomic mass is 10.1. The van der Waals surface area contributed by atoms with Gasteiger partial charge in [0.25, 0.3) is 0 Å². The summed E-state index contributed by atoms with van der Waals surface area (Å²) in [7, 11) is 1.66. The SMILES string of the molecule is COc1ccc(SCCOc2ccc3c(c2)OCCC3=O)cc1. The van der Waals surface area contributed by atoms with Crippen LogP contribution in [0.1, 0.15) is 16.8 Å². The van der Waals surface area contributed by atoms with Crippen LogP contribution >= 0.6 is 11.8 Å². The van der Waals surface area contributed by atoms with Crippen LogP contribution in [0.15, 0.2) is 47.4 Å². The highest BCUT2D eigenvalue weighted by Crippen LogP contribution is 2.29. The Balaban J connectivity index is 1.49. The van der Waals surface area contributed by atoms with E-state index >= 15 is 0 Å². The van der Waals surface area contributed by atoms with E-state index in [4.69, 9.17) is 14.2 Å². The fourth-order valence-electron chi connectivity index (χ4n) is 2.32. The van der Waals surface area contributed by atoms with Crippen LogP contribution in [0.2, 0.25) is 0 Å². The van der Waals surface area contributed by atoms with Crippen molar-refractivity contribution >= 4 is 17.5 Å². The average Bonchev–Trinajstić information content (AvgIpc) is 2.59. The highest BCUT2D eigenvalue weighted by Gasteiger charge is 2.18. The largest absolute Gasteiger partial charge is 0.497 e. The molecule has 0 spiro atoms. The molecule has 2 aromatic carbocycles. The van der Waals surface area contributed by atoms with E-state index in [1.807, 2.05) is 30.3 Å². The minimum atomic E-state index is 0.132. The first-order chi connectivity index (χ1) is 11.3. The lowest BCUT2D eigenvalue weighted by Crippen LogP contribution is -2.15. The predicted octanol–water partition coefficient (Wildman–Crippen LogP) is 3.83. The van der Waals surface area contributed by atoms with Crippen molar-refractivity contribution in [2.75, 3.05) is 26.1 Å². The molecule has 2 aromatic rings. The molecule has 0 atom stereocenters. The van der Waals surface area contributed by atoms with E-state index in [2.05, 4.69) is 0 Å². The summed E-state index contributed by atoms with van der Waals surface area (Å²) in [4.78, 5) is 12.9. The number of hydrogen-bond donors (Lipinski definition) is 0. The summed E-state index contributed by atoms with van der Waals surface area (Å²) in [6, 6.07) is 13.3. The van der Waals surface area contributed by atoms with Gasteiger partial charge in [0.05, 0.1) is 25.9 Å². The number of carbonyl (C=O) groups is 1. The Morgan fingerprint density at radius 2 is 1.91 bits per heavy atom. The first kappa shape index (κ1) is 15.7. The fourth-order valence-corrected chi connectivity index (χ4v) is 3.05. The Bertz CT molecular complexity index is 682. The zero-order valence-corrected chi connectivity index (χ0v) is 13.7. The highest BCUT2D eigenvalue weighted by atomic mass is 32.2. The molecule has 1 heterocycles. The Morgan fingerprint density at radius 1 is 1.13 bits per heavy atom. The maximum Gasteiger partial charge on any atom is 0.169 e. The molecule has 120 valence electrons. The van der Waals surface area contributed by atoms with Crippen molar-refractivity contribution in [3.63, 3.8) is 0 Å². The van der Waals surface area contributed by atoms with E-state index in [9.17, 15) is 4.79 Å². The average molecular weight is 330 g/mol. The Morgan fingerprint density at radius 3 is 2.70 bits per heavy atom. The number of methoxy groups -OCH3 is 1. The lowest BCUT2D eigenvalue weighted by molar-refractivity contribution is 0.0933. The van der Waals surface area contributed by atoms with E-state index < -0.39 is 0 Å². The molecule has 0 aromatic heterocycles. The van der Waals surface area contributed by atoms with Crippen LogP contribution in [0.5, 0.6) is 17.2 Å². The minimum Gasteiger partial charge on any atom is -0.497 e. The number of ether oxygens (including phenoxy) is 3. The Kier molecular flexibility index (Phi) is 5.08. The molecule has 5 heteroatoms. The summed E-state index contributed by atoms with van der Waals surface area (Å²) in [6.07, 6.45) is 0.450. The van der Waals surface area contributed by atoms with Gasteiger partial charge in [-0.15, -0.1) is 11.8 Å². The van der Waals surface area contributed by atoms with Gasteiger partial charge in [-0.2, -0.15) is 0 Å². The monoisotopic (exact) mass is 330 g/mol. The van der Waals surface area contributed by atoms with Crippen molar-refractivity contribution < 1.29 is 19.0 Å². The first-order valence-corrected chi connectivity index (χ1v) is 8.44. The molecule has 0 aliphatic carbocycles. The normalized spacial score (nSPS) is 13.2. The molecule has 0 fully saturated rings. The molecule has 3 rings (SSSR count). The number of ketones is 1. The third kappa shape index (κ3) is 3.99. The summed E-state index contributed by atoms with van der Waals surface area (Å²) in [5, 5.41) is 0. The summed E-state index contributed by atoms with van der Waals surface area (Å²) < 4.78 is 16.4. The molecule has 0 amide bonds. The third-order valence-corrected chi connectivity index (χ3v) is 4.50. The molecule has 0 saturated heterocycles. The number of hydrogen-bond acceptors (Lipinski definition) is 5. The van der Waals surface area contributed by atoms with Gasteiger partial charge in [-0.1, -0.05) is 0 Å². The molecule has 1 aliphatic heterocycles. The van der Waals surface area contributed by atoms with Gasteiger partial charge in [0.1, 0.15) is 17.2 Å². The zero-order valence-electron chi connectivity index (χ0n) is 12.9. The van der Waals surface area contributed by atoms with E-state index in [1.165, 1.54) is 4.90 Å². The maximum absolute atomic E-state index is 11.7. The standard InChI is InChI=1S/C18H18O4S/c1-20-13-2-5-15(6-3-13)23-11-10-21-14-4-7-16-17(19)8-9-22-18(16)12-14/h2-7,12H,8-11H2,1H3. The van der Waals surface area contributed by atoms with Crippen LogP contribution < -0.4 is 14.2 Å². The smallest absolute Gasteiger partial charge is 0.169 e. The van der Waals surface area contributed by atoms with Crippen molar-refractivity contribution in [2.24, 2.45) is 0 Å². The van der Waals surface area contributed by atoms with E-state index in [0.717, 1.165) is 17.3 Å². The third-order valence-electron chi connectivity index (χ3n) is 3.52. The molecule has 23 heavy (non-hydrogen) atoms. The van der Waals surface area contributed by atoms with Crippen molar-refractivity contribution in [1.29, 1.82) is 0 Å². The van der Waals surface area contributed by atoms with Crippen LogP contribution in [-0.2, 0) is 0 Å². The molecule has 1 aliphatic rings. The lowest BCUT2D eigenvalue weighted by Gasteiger charge is -2.17. The summed E-state index contributed by atoms with van der Waals surface area (Å²) >= 11 is 1.72. The van der Waals surface area contributed by atoms with Gasteiger partial charge in [0.2, 0.25) is 0 Å². The number of fused-ring (bicyclic) bond motifs is 1. The van der Waals surface area contributed by atoms with Gasteiger partial charge in [0, 0.05) is 23.1 Å². The van der Waals surface area contributed by atoms with Crippen LogP contribution in [0, 0.1) is 0 Å². The second-order valence-electron chi connectivity index (χ2n) is 5.05. The van der Waals surface area contributed by atoms with Crippen molar-refractivity contribution in [1.82, 2.24) is 0 Å². The summed E-state index contributed by atoms with van der Waals surface area (Å²) in [5.41, 5.74) is 0.649. The van der Waals surface area contributed by atoms with Gasteiger partial charge in [-0.3, -0.25) is 4.79 Å². The highest BCUT2D eigenvalue weighted by molar-refractivity contribution is 7.99. The number of carbonyl (C=O) groups excluding carboxylic acids is 1. The molecule has 4 nitrogen and oxygen atoms in total. The van der Waals surface area contributed by atoms with Crippen molar-refractivity contribution in [3.05, 3.63) is 48.0 Å². The Labute approximate surface area is 139 Å². The minimum absolute atomic E-state index is 0.132. The van der Waals surface area contributed by atoms with Gasteiger partial charge >= 0.3 is 0 Å². The second-order valence-corrected chi connectivity index (χ2v) is 6.22. The van der Waals surface area contributed by atoms with Crippen LogP contribution in [0.4, 0.5) is 0 Å². The zero-order chi connectivity index (χ0) is 16.1. The van der Waals surface area contributed by atoms with E-state index in [-0.39, 0.29) is 5.78 Å². The van der Waals surface area contributed by atoms with Crippen LogP contribution in [0.3, 0.4) is 0 Å². The molecule has 0 bridgehead atoms. The Hall–Kier alpha value is -2.14. The summed E-state index contributed by atoms with van der Waals surface area (Å²) in [5.74, 6) is 3.18. The molecular weight excluding hydrogens is 312 g/mol. The maximum atomic E-state index is 11.7. The van der Waals surface area contributed by atoms with Gasteiger partial charge in [0.15, 0.2) is 5.78 Å². The number of rotatable bonds is 6. The topological polar surface area (TPSA) is 44.8 Å². The quantitative estimate of drug-likeness (QED) is 0.595. The van der Waals surface area contributed by atoms with Crippen LogP contribution in [-0.4, -0.2) is 31.9 Å². The fraction of sp³-hybridized carbons (Fsp3) is 0.278. The number of benzene rings is 2. The van der Waals surface area contributed by atoms with Crippen LogP contribution in [0.25, 0.3) is 0 Å². The first-order valence-electron chi connectivity index (χ1n) is 7.46. The van der Waals surface area contributed by atoms with Gasteiger partial charge in [-0.25, -0.2) is 0 Å². The van der Waals surface area contributed by atoms with Crippen molar-refractivity contribution in [3.8, 4) is 17.2 Å².